The van der Waals surface area contributed by atoms with E-state index in [1.54, 1.807) is 4.68 Å². The molecule has 120 valence electrons. The van der Waals surface area contributed by atoms with Crippen LogP contribution in [0.3, 0.4) is 0 Å². The Labute approximate surface area is 132 Å². The van der Waals surface area contributed by atoms with Crippen molar-refractivity contribution < 1.29 is 19.3 Å². The van der Waals surface area contributed by atoms with Crippen molar-refractivity contribution in [2.75, 3.05) is 0 Å². The molecule has 3 aliphatic rings. The molecule has 2 saturated heterocycles. The van der Waals surface area contributed by atoms with Gasteiger partial charge in [0.1, 0.15) is 23.6 Å². The van der Waals surface area contributed by atoms with Gasteiger partial charge in [-0.2, -0.15) is 0 Å². The fourth-order valence-corrected chi connectivity index (χ4v) is 3.83. The zero-order chi connectivity index (χ0) is 15.8. The number of hydrogen-bond acceptors (Lipinski definition) is 6. The Morgan fingerprint density at radius 1 is 1.22 bits per heavy atom. The molecule has 7 heteroatoms. The lowest BCUT2D eigenvalue weighted by Gasteiger charge is -2.28. The van der Waals surface area contributed by atoms with Gasteiger partial charge in [0.05, 0.1) is 6.54 Å². The molecular weight excluding hydrogens is 298 g/mol. The second-order valence-corrected chi connectivity index (χ2v) is 6.71. The van der Waals surface area contributed by atoms with Crippen molar-refractivity contribution in [1.82, 2.24) is 15.0 Å². The lowest BCUT2D eigenvalue weighted by atomic mass is 9.89. The Balaban J connectivity index is 1.65. The van der Waals surface area contributed by atoms with Crippen molar-refractivity contribution in [1.29, 1.82) is 0 Å². The van der Waals surface area contributed by atoms with E-state index in [0.29, 0.717) is 17.9 Å². The summed E-state index contributed by atoms with van der Waals surface area (Å²) in [5.74, 6) is -0.788. The summed E-state index contributed by atoms with van der Waals surface area (Å²) in [6, 6.07) is 9.71. The molecule has 2 fully saturated rings. The average molecular weight is 315 g/mol. The maximum absolute atomic E-state index is 11.5. The summed E-state index contributed by atoms with van der Waals surface area (Å²) in [7, 11) is 0. The summed E-state index contributed by atoms with van der Waals surface area (Å²) in [5, 5.41) is 19.9. The van der Waals surface area contributed by atoms with E-state index in [2.05, 4.69) is 10.3 Å². The molecule has 0 radical (unpaired) electrons. The van der Waals surface area contributed by atoms with Gasteiger partial charge < -0.3 is 19.3 Å². The molecular formula is C16H17N3O4. The Morgan fingerprint density at radius 2 is 2.00 bits per heavy atom. The molecule has 0 bridgehead atoms. The van der Waals surface area contributed by atoms with Gasteiger partial charge >= 0.3 is 0 Å². The highest BCUT2D eigenvalue weighted by molar-refractivity contribution is 5.63. The topological polar surface area (TPSA) is 78.6 Å². The lowest BCUT2D eigenvalue weighted by Crippen LogP contribution is -2.44. The van der Waals surface area contributed by atoms with E-state index in [0.717, 1.165) is 5.56 Å². The molecule has 1 N–H and O–H groups in total. The average Bonchev–Trinajstić information content (AvgIpc) is 3.19. The Bertz CT molecular complexity index is 775. The van der Waals surface area contributed by atoms with Crippen molar-refractivity contribution in [2.45, 2.75) is 50.3 Å². The standard InChI is InChI=1S/C16H17N3O4/c1-15(2)22-13-14(23-15)21-10-8-19-12(16(10,13)20)11(17-18-19)9-6-4-3-5-7-9/h3-7,10,13-14,20H,8H2,1-2H3. The summed E-state index contributed by atoms with van der Waals surface area (Å²) in [6.45, 7) is 4.07. The zero-order valence-corrected chi connectivity index (χ0v) is 12.8. The van der Waals surface area contributed by atoms with Gasteiger partial charge in [-0.25, -0.2) is 4.68 Å². The van der Waals surface area contributed by atoms with Crippen molar-refractivity contribution in [2.24, 2.45) is 0 Å². The molecule has 0 saturated carbocycles. The van der Waals surface area contributed by atoms with Crippen LogP contribution in [-0.4, -0.2) is 44.4 Å². The van der Waals surface area contributed by atoms with Gasteiger partial charge in [-0.1, -0.05) is 35.5 Å². The maximum atomic E-state index is 11.5. The molecule has 4 unspecified atom stereocenters. The van der Waals surface area contributed by atoms with Crippen LogP contribution in [0.5, 0.6) is 0 Å². The van der Waals surface area contributed by atoms with Crippen molar-refractivity contribution >= 4 is 0 Å². The van der Waals surface area contributed by atoms with E-state index in [4.69, 9.17) is 14.2 Å². The maximum Gasteiger partial charge on any atom is 0.191 e. The molecule has 2 aromatic rings. The summed E-state index contributed by atoms with van der Waals surface area (Å²) >= 11 is 0. The van der Waals surface area contributed by atoms with Crippen LogP contribution in [0, 0.1) is 0 Å². The minimum Gasteiger partial charge on any atom is -0.378 e. The SMILES string of the molecule is CC1(C)OC2OC3Cn4nnc(-c5ccccc5)c4C3(O)C2O1. The van der Waals surface area contributed by atoms with Crippen LogP contribution < -0.4 is 0 Å². The molecule has 0 amide bonds. The molecule has 7 nitrogen and oxygen atoms in total. The van der Waals surface area contributed by atoms with Gasteiger partial charge in [-0.05, 0) is 13.8 Å². The Morgan fingerprint density at radius 3 is 2.78 bits per heavy atom. The third kappa shape index (κ3) is 1.68. The van der Waals surface area contributed by atoms with Crippen LogP contribution in [-0.2, 0) is 26.4 Å². The summed E-state index contributed by atoms with van der Waals surface area (Å²) in [4.78, 5) is 0. The van der Waals surface area contributed by atoms with Crippen LogP contribution in [0.15, 0.2) is 30.3 Å². The van der Waals surface area contributed by atoms with E-state index in [-0.39, 0.29) is 0 Å². The second kappa shape index (κ2) is 4.18. The quantitative estimate of drug-likeness (QED) is 0.846. The van der Waals surface area contributed by atoms with E-state index in [1.165, 1.54) is 0 Å². The van der Waals surface area contributed by atoms with Gasteiger partial charge in [0.15, 0.2) is 17.7 Å². The summed E-state index contributed by atoms with van der Waals surface area (Å²) < 4.78 is 19.3. The van der Waals surface area contributed by atoms with Crippen molar-refractivity contribution in [3.63, 3.8) is 0 Å². The lowest BCUT2D eigenvalue weighted by molar-refractivity contribution is -0.228. The minimum absolute atomic E-state index is 0.436. The number of aromatic nitrogens is 3. The first-order valence-electron chi connectivity index (χ1n) is 7.72. The van der Waals surface area contributed by atoms with Crippen LogP contribution in [0.1, 0.15) is 19.5 Å². The third-order valence-electron chi connectivity index (χ3n) is 4.78. The Hall–Kier alpha value is -1.80. The van der Waals surface area contributed by atoms with E-state index in [1.807, 2.05) is 44.2 Å². The highest BCUT2D eigenvalue weighted by Gasteiger charge is 2.68. The van der Waals surface area contributed by atoms with Crippen LogP contribution >= 0.6 is 0 Å². The number of nitrogens with zero attached hydrogens (tertiary/aromatic N) is 3. The first-order chi connectivity index (χ1) is 11.0. The van der Waals surface area contributed by atoms with Gasteiger partial charge in [0.2, 0.25) is 0 Å². The predicted molar refractivity (Wildman–Crippen MR) is 78.1 cm³/mol. The molecule has 5 rings (SSSR count). The summed E-state index contributed by atoms with van der Waals surface area (Å²) in [5.41, 5.74) is 0.896. The van der Waals surface area contributed by atoms with E-state index in [9.17, 15) is 5.11 Å². The van der Waals surface area contributed by atoms with Crippen LogP contribution in [0.4, 0.5) is 0 Å². The molecule has 1 aromatic heterocycles. The van der Waals surface area contributed by atoms with E-state index >= 15 is 0 Å². The molecule has 0 spiro atoms. The zero-order valence-electron chi connectivity index (χ0n) is 12.8. The first kappa shape index (κ1) is 13.6. The third-order valence-corrected chi connectivity index (χ3v) is 4.78. The van der Waals surface area contributed by atoms with E-state index < -0.39 is 29.9 Å². The monoisotopic (exact) mass is 315 g/mol. The number of benzene rings is 1. The molecule has 4 atom stereocenters. The number of rotatable bonds is 1. The predicted octanol–water partition coefficient (Wildman–Crippen LogP) is 1.02. The van der Waals surface area contributed by atoms with Gasteiger partial charge in [0, 0.05) is 5.56 Å². The van der Waals surface area contributed by atoms with Gasteiger partial charge in [0.25, 0.3) is 0 Å². The number of fused-ring (bicyclic) bond motifs is 5. The highest BCUT2D eigenvalue weighted by Crippen LogP contribution is 2.52. The highest BCUT2D eigenvalue weighted by atomic mass is 16.8. The summed E-state index contributed by atoms with van der Waals surface area (Å²) in [6.07, 6.45) is -1.61. The number of hydrogen-bond donors (Lipinski definition) is 1. The smallest absolute Gasteiger partial charge is 0.191 e. The Kier molecular flexibility index (Phi) is 2.48. The number of aliphatic hydroxyl groups is 1. The fraction of sp³-hybridized carbons (Fsp3) is 0.500. The van der Waals surface area contributed by atoms with Crippen LogP contribution in [0.2, 0.25) is 0 Å². The molecule has 1 aromatic carbocycles. The largest absolute Gasteiger partial charge is 0.378 e. The second-order valence-electron chi connectivity index (χ2n) is 6.71. The van der Waals surface area contributed by atoms with Crippen molar-refractivity contribution in [3.05, 3.63) is 36.0 Å². The molecule has 4 heterocycles. The molecule has 23 heavy (non-hydrogen) atoms. The normalized spacial score (nSPS) is 36.7. The fourth-order valence-electron chi connectivity index (χ4n) is 3.83. The van der Waals surface area contributed by atoms with Crippen molar-refractivity contribution in [3.8, 4) is 11.3 Å². The molecule has 0 aliphatic carbocycles. The van der Waals surface area contributed by atoms with Gasteiger partial charge in [-0.15, -0.1) is 5.10 Å². The molecule has 3 aliphatic heterocycles. The first-order valence-corrected chi connectivity index (χ1v) is 7.72. The minimum atomic E-state index is -1.31. The number of ether oxygens (including phenoxy) is 3. The van der Waals surface area contributed by atoms with Crippen LogP contribution in [0.25, 0.3) is 11.3 Å². The van der Waals surface area contributed by atoms with Gasteiger partial charge in [-0.3, -0.25) is 0 Å².